The number of fused-ring (bicyclic) bond motifs is 1. The molecule has 1 nitrogen and oxygen atoms in total. The monoisotopic (exact) mass is 197 g/mol. The second-order valence-corrected chi connectivity index (χ2v) is 3.81. The van der Waals surface area contributed by atoms with Gasteiger partial charge in [0, 0.05) is 5.70 Å². The van der Waals surface area contributed by atoms with Crippen molar-refractivity contribution in [3.63, 3.8) is 0 Å². The van der Waals surface area contributed by atoms with Crippen LogP contribution in [0, 0.1) is 6.92 Å². The Bertz CT molecular complexity index is 524. The van der Waals surface area contributed by atoms with Crippen molar-refractivity contribution in [3.05, 3.63) is 53.6 Å². The summed E-state index contributed by atoms with van der Waals surface area (Å²) in [5.74, 6) is 0. The molecule has 0 heterocycles. The minimum Gasteiger partial charge on any atom is -0.399 e. The molecule has 0 aliphatic heterocycles. The van der Waals surface area contributed by atoms with Crippen molar-refractivity contribution < 1.29 is 0 Å². The van der Waals surface area contributed by atoms with Crippen LogP contribution in [0.3, 0.4) is 0 Å². The third kappa shape index (κ3) is 1.86. The normalized spacial score (nSPS) is 12.0. The highest BCUT2D eigenvalue weighted by atomic mass is 14.6. The van der Waals surface area contributed by atoms with Crippen molar-refractivity contribution in [1.82, 2.24) is 0 Å². The fourth-order valence-electron chi connectivity index (χ4n) is 1.71. The third-order valence-electron chi connectivity index (χ3n) is 2.64. The number of hydrogen-bond acceptors (Lipinski definition) is 1. The van der Waals surface area contributed by atoms with Gasteiger partial charge in [0.05, 0.1) is 0 Å². The van der Waals surface area contributed by atoms with Crippen LogP contribution in [0.2, 0.25) is 0 Å². The summed E-state index contributed by atoms with van der Waals surface area (Å²) in [5, 5.41) is 2.51. The van der Waals surface area contributed by atoms with Crippen LogP contribution < -0.4 is 5.73 Å². The summed E-state index contributed by atoms with van der Waals surface area (Å²) in [6.07, 6.45) is 1.93. The van der Waals surface area contributed by atoms with E-state index in [9.17, 15) is 0 Å². The summed E-state index contributed by atoms with van der Waals surface area (Å²) in [6, 6.07) is 12.8. The molecule has 15 heavy (non-hydrogen) atoms. The summed E-state index contributed by atoms with van der Waals surface area (Å²) >= 11 is 0. The second-order valence-electron chi connectivity index (χ2n) is 3.81. The lowest BCUT2D eigenvalue weighted by atomic mass is 10.0. The van der Waals surface area contributed by atoms with Gasteiger partial charge in [0.15, 0.2) is 0 Å². The minimum absolute atomic E-state index is 0.831. The number of rotatable bonds is 1. The maximum absolute atomic E-state index is 5.88. The van der Waals surface area contributed by atoms with E-state index in [0.717, 1.165) is 11.3 Å². The van der Waals surface area contributed by atoms with E-state index in [1.54, 1.807) is 0 Å². The number of aryl methyl sites for hydroxylation is 1. The molecule has 0 aliphatic rings. The molecule has 2 N–H and O–H groups in total. The highest BCUT2D eigenvalue weighted by Crippen LogP contribution is 2.20. The summed E-state index contributed by atoms with van der Waals surface area (Å²) in [7, 11) is 0. The zero-order valence-corrected chi connectivity index (χ0v) is 9.12. The predicted molar refractivity (Wildman–Crippen MR) is 66.5 cm³/mol. The summed E-state index contributed by atoms with van der Waals surface area (Å²) in [6.45, 7) is 4.06. The van der Waals surface area contributed by atoms with Crippen molar-refractivity contribution in [3.8, 4) is 0 Å². The van der Waals surface area contributed by atoms with Crippen molar-refractivity contribution in [1.29, 1.82) is 0 Å². The van der Waals surface area contributed by atoms with Crippen LogP contribution in [0.15, 0.2) is 42.5 Å². The first-order chi connectivity index (χ1) is 7.20. The Labute approximate surface area is 90.2 Å². The molecule has 0 saturated carbocycles. The van der Waals surface area contributed by atoms with Crippen LogP contribution in [0.1, 0.15) is 18.1 Å². The van der Waals surface area contributed by atoms with Gasteiger partial charge in [-0.1, -0.05) is 42.0 Å². The van der Waals surface area contributed by atoms with Gasteiger partial charge in [-0.3, -0.25) is 0 Å². The summed E-state index contributed by atoms with van der Waals surface area (Å²) in [5.41, 5.74) is 9.09. The van der Waals surface area contributed by atoms with Crippen molar-refractivity contribution in [2.45, 2.75) is 13.8 Å². The fraction of sp³-hybridized carbons (Fsp3) is 0.143. The van der Waals surface area contributed by atoms with E-state index < -0.39 is 0 Å². The van der Waals surface area contributed by atoms with Crippen LogP contribution in [0.25, 0.3) is 16.5 Å². The Morgan fingerprint density at radius 3 is 2.47 bits per heavy atom. The number of nitrogens with two attached hydrogens (primary N) is 1. The number of allylic oxidation sites excluding steroid dienone is 1. The molecule has 76 valence electrons. The zero-order valence-electron chi connectivity index (χ0n) is 9.12. The first kappa shape index (κ1) is 9.78. The molecule has 0 amide bonds. The van der Waals surface area contributed by atoms with E-state index in [2.05, 4.69) is 43.3 Å². The lowest BCUT2D eigenvalue weighted by Gasteiger charge is -2.04. The molecule has 0 aliphatic carbocycles. The predicted octanol–water partition coefficient (Wildman–Crippen LogP) is 3.47. The van der Waals surface area contributed by atoms with Gasteiger partial charge in [0.25, 0.3) is 0 Å². The molecular weight excluding hydrogens is 182 g/mol. The molecule has 2 rings (SSSR count). The molecule has 2 aromatic rings. The van der Waals surface area contributed by atoms with E-state index in [0.29, 0.717) is 0 Å². The Morgan fingerprint density at radius 2 is 1.73 bits per heavy atom. The Balaban J connectivity index is 2.62. The molecule has 0 aromatic heterocycles. The van der Waals surface area contributed by atoms with Crippen LogP contribution in [0.5, 0.6) is 0 Å². The molecule has 2 aromatic carbocycles. The van der Waals surface area contributed by atoms with E-state index in [4.69, 9.17) is 5.73 Å². The molecule has 0 bridgehead atoms. The Morgan fingerprint density at radius 1 is 1.07 bits per heavy atom. The maximum atomic E-state index is 5.88. The van der Waals surface area contributed by atoms with Gasteiger partial charge in [0.1, 0.15) is 0 Å². The van der Waals surface area contributed by atoms with Crippen LogP contribution in [-0.4, -0.2) is 0 Å². The zero-order chi connectivity index (χ0) is 10.8. The molecular formula is C14H15N. The lowest BCUT2D eigenvalue weighted by Crippen LogP contribution is -1.94. The Hall–Kier alpha value is -1.76. The minimum atomic E-state index is 0.831. The van der Waals surface area contributed by atoms with E-state index in [1.165, 1.54) is 16.3 Å². The van der Waals surface area contributed by atoms with Crippen LogP contribution in [-0.2, 0) is 0 Å². The first-order valence-corrected chi connectivity index (χ1v) is 5.13. The number of hydrogen-bond donors (Lipinski definition) is 1. The van der Waals surface area contributed by atoms with Gasteiger partial charge >= 0.3 is 0 Å². The molecule has 0 unspecified atom stereocenters. The van der Waals surface area contributed by atoms with Crippen molar-refractivity contribution in [2.24, 2.45) is 5.73 Å². The summed E-state index contributed by atoms with van der Waals surface area (Å²) in [4.78, 5) is 0. The molecule has 1 heteroatoms. The molecule has 0 fully saturated rings. The van der Waals surface area contributed by atoms with Crippen molar-refractivity contribution >= 4 is 16.5 Å². The third-order valence-corrected chi connectivity index (χ3v) is 2.64. The summed E-state index contributed by atoms with van der Waals surface area (Å²) < 4.78 is 0. The van der Waals surface area contributed by atoms with E-state index in [-0.39, 0.29) is 0 Å². The highest BCUT2D eigenvalue weighted by Gasteiger charge is 1.98. The average molecular weight is 197 g/mol. The topological polar surface area (TPSA) is 26.0 Å². The SMILES string of the molecule is C/C=C(\N)c1ccc2cc(C)ccc2c1. The van der Waals surface area contributed by atoms with E-state index >= 15 is 0 Å². The van der Waals surface area contributed by atoms with Crippen LogP contribution >= 0.6 is 0 Å². The molecule has 0 radical (unpaired) electrons. The number of benzene rings is 2. The molecule has 0 spiro atoms. The molecule has 0 atom stereocenters. The Kier molecular flexibility index (Phi) is 2.46. The van der Waals surface area contributed by atoms with Gasteiger partial charge < -0.3 is 5.73 Å². The maximum Gasteiger partial charge on any atom is 0.0344 e. The highest BCUT2D eigenvalue weighted by molar-refractivity contribution is 5.86. The first-order valence-electron chi connectivity index (χ1n) is 5.13. The van der Waals surface area contributed by atoms with Gasteiger partial charge in [-0.05, 0) is 36.2 Å². The average Bonchev–Trinajstić information content (AvgIpc) is 2.27. The van der Waals surface area contributed by atoms with E-state index in [1.807, 2.05) is 13.0 Å². The van der Waals surface area contributed by atoms with Gasteiger partial charge in [0.2, 0.25) is 0 Å². The standard InChI is InChI=1S/C14H15N/c1-3-14(15)13-7-6-11-8-10(2)4-5-12(11)9-13/h3-9H,15H2,1-2H3/b14-3-. The van der Waals surface area contributed by atoms with Gasteiger partial charge in [-0.2, -0.15) is 0 Å². The lowest BCUT2D eigenvalue weighted by molar-refractivity contribution is 1.48. The van der Waals surface area contributed by atoms with Gasteiger partial charge in [-0.15, -0.1) is 0 Å². The second kappa shape index (κ2) is 3.77. The van der Waals surface area contributed by atoms with Gasteiger partial charge in [-0.25, -0.2) is 0 Å². The van der Waals surface area contributed by atoms with Crippen LogP contribution in [0.4, 0.5) is 0 Å². The van der Waals surface area contributed by atoms with Crippen molar-refractivity contribution in [2.75, 3.05) is 0 Å². The molecule has 0 saturated heterocycles. The smallest absolute Gasteiger partial charge is 0.0344 e. The quantitative estimate of drug-likeness (QED) is 0.744. The largest absolute Gasteiger partial charge is 0.399 e. The fourth-order valence-corrected chi connectivity index (χ4v) is 1.71.